The van der Waals surface area contributed by atoms with Gasteiger partial charge in [-0.25, -0.2) is 4.79 Å². The van der Waals surface area contributed by atoms with Crippen molar-refractivity contribution in [3.63, 3.8) is 0 Å². The topological polar surface area (TPSA) is 97.0 Å². The second-order valence-electron chi connectivity index (χ2n) is 8.26. The highest BCUT2D eigenvalue weighted by Crippen LogP contribution is 2.37. The summed E-state index contributed by atoms with van der Waals surface area (Å²) in [6.45, 7) is 2.06. The van der Waals surface area contributed by atoms with E-state index in [9.17, 15) is 14.4 Å². The molecule has 2 aliphatic heterocycles. The molecule has 0 spiro atoms. The van der Waals surface area contributed by atoms with Crippen molar-refractivity contribution in [2.24, 2.45) is 0 Å². The lowest BCUT2D eigenvalue weighted by Gasteiger charge is -2.25. The first-order chi connectivity index (χ1) is 16.5. The lowest BCUT2D eigenvalue weighted by Crippen LogP contribution is -2.42. The van der Waals surface area contributed by atoms with Crippen LogP contribution in [0.1, 0.15) is 12.5 Å². The molecule has 2 aliphatic rings. The van der Waals surface area contributed by atoms with Gasteiger partial charge in [0, 0.05) is 11.3 Å². The Kier molecular flexibility index (Phi) is 5.41. The summed E-state index contributed by atoms with van der Waals surface area (Å²) < 4.78 is 11.1. The van der Waals surface area contributed by atoms with Crippen LogP contribution in [0, 0.1) is 0 Å². The van der Waals surface area contributed by atoms with Crippen LogP contribution in [0.2, 0.25) is 0 Å². The van der Waals surface area contributed by atoms with Crippen molar-refractivity contribution >= 4 is 23.5 Å². The van der Waals surface area contributed by atoms with Crippen molar-refractivity contribution in [1.29, 1.82) is 0 Å². The standard InChI is InChI=1S/C26H23N3O5/c1-26(18-11-12-21-22(15-18)34-14-13-33-21)24(31)29(25(32)28-26)16-23(30)27-20-10-6-5-9-19(20)17-7-3-2-4-8-17/h2-12,15H,13-14,16H2,1H3,(H,27,30)(H,28,32)/t26-/m0/s1. The van der Waals surface area contributed by atoms with Gasteiger partial charge in [-0.1, -0.05) is 54.6 Å². The maximum absolute atomic E-state index is 13.3. The SMILES string of the molecule is C[C@@]1(c2ccc3c(c2)OCCO3)NC(=O)N(CC(=O)Nc2ccccc2-c2ccccc2)C1=O. The van der Waals surface area contributed by atoms with Crippen LogP contribution in [0.4, 0.5) is 10.5 Å². The number of imide groups is 1. The largest absolute Gasteiger partial charge is 0.486 e. The minimum atomic E-state index is -1.32. The van der Waals surface area contributed by atoms with E-state index >= 15 is 0 Å². The van der Waals surface area contributed by atoms with Crippen molar-refractivity contribution in [3.8, 4) is 22.6 Å². The molecule has 8 nitrogen and oxygen atoms in total. The lowest BCUT2D eigenvalue weighted by atomic mass is 9.91. The summed E-state index contributed by atoms with van der Waals surface area (Å²) in [5, 5.41) is 5.56. The van der Waals surface area contributed by atoms with Gasteiger partial charge in [-0.05, 0) is 36.2 Å². The van der Waals surface area contributed by atoms with E-state index in [1.54, 1.807) is 31.2 Å². The number of hydrogen-bond acceptors (Lipinski definition) is 5. The first-order valence-corrected chi connectivity index (χ1v) is 10.9. The van der Waals surface area contributed by atoms with Gasteiger partial charge >= 0.3 is 6.03 Å². The number of benzene rings is 3. The van der Waals surface area contributed by atoms with Gasteiger partial charge < -0.3 is 20.1 Å². The number of amides is 4. The zero-order chi connectivity index (χ0) is 23.7. The van der Waals surface area contributed by atoms with Gasteiger partial charge in [0.15, 0.2) is 11.5 Å². The molecule has 172 valence electrons. The molecule has 1 saturated heterocycles. The summed E-state index contributed by atoms with van der Waals surface area (Å²) in [6.07, 6.45) is 0. The molecule has 8 heteroatoms. The van der Waals surface area contributed by atoms with Gasteiger partial charge in [-0.2, -0.15) is 0 Å². The number of ether oxygens (including phenoxy) is 2. The fourth-order valence-corrected chi connectivity index (χ4v) is 4.19. The van der Waals surface area contributed by atoms with E-state index in [0.717, 1.165) is 16.0 Å². The van der Waals surface area contributed by atoms with Crippen molar-refractivity contribution in [1.82, 2.24) is 10.2 Å². The quantitative estimate of drug-likeness (QED) is 0.572. The molecule has 34 heavy (non-hydrogen) atoms. The smallest absolute Gasteiger partial charge is 0.325 e. The number of nitrogens with one attached hydrogen (secondary N) is 2. The molecule has 1 atom stereocenters. The van der Waals surface area contributed by atoms with Crippen molar-refractivity contribution in [2.75, 3.05) is 25.1 Å². The van der Waals surface area contributed by atoms with Gasteiger partial charge in [-0.3, -0.25) is 14.5 Å². The normalized spacial score (nSPS) is 19.0. The van der Waals surface area contributed by atoms with Crippen LogP contribution in [-0.4, -0.2) is 42.5 Å². The molecule has 1 fully saturated rings. The number of urea groups is 1. The number of rotatable bonds is 5. The van der Waals surface area contributed by atoms with Crippen molar-refractivity contribution in [2.45, 2.75) is 12.5 Å². The number of hydrogen-bond donors (Lipinski definition) is 2. The van der Waals surface area contributed by atoms with Gasteiger partial charge in [-0.15, -0.1) is 0 Å². The van der Waals surface area contributed by atoms with Crippen molar-refractivity contribution in [3.05, 3.63) is 78.4 Å². The summed E-state index contributed by atoms with van der Waals surface area (Å²) in [5.74, 6) is 0.114. The van der Waals surface area contributed by atoms with E-state index in [4.69, 9.17) is 9.47 Å². The van der Waals surface area contributed by atoms with Crippen LogP contribution in [0.3, 0.4) is 0 Å². The van der Waals surface area contributed by atoms with Gasteiger partial charge in [0.1, 0.15) is 25.3 Å². The molecule has 0 unspecified atom stereocenters. The van der Waals surface area contributed by atoms with E-state index in [2.05, 4.69) is 10.6 Å². The predicted octanol–water partition coefficient (Wildman–Crippen LogP) is 3.53. The van der Waals surface area contributed by atoms with E-state index in [1.165, 1.54) is 0 Å². The molecule has 0 aromatic heterocycles. The van der Waals surface area contributed by atoms with Crippen LogP contribution in [0.25, 0.3) is 11.1 Å². The Morgan fingerprint density at radius 3 is 2.47 bits per heavy atom. The Hall–Kier alpha value is -4.33. The van der Waals surface area contributed by atoms with E-state index < -0.39 is 29.9 Å². The third-order valence-corrected chi connectivity index (χ3v) is 5.98. The minimum Gasteiger partial charge on any atom is -0.486 e. The molecule has 0 bridgehead atoms. The lowest BCUT2D eigenvalue weighted by molar-refractivity contribution is -0.133. The Bertz CT molecular complexity index is 1280. The molecule has 3 aromatic carbocycles. The Morgan fingerprint density at radius 1 is 0.971 bits per heavy atom. The Labute approximate surface area is 196 Å². The summed E-state index contributed by atoms with van der Waals surface area (Å²) in [4.78, 5) is 39.8. The molecule has 0 saturated carbocycles. The summed E-state index contributed by atoms with van der Waals surface area (Å²) >= 11 is 0. The fourth-order valence-electron chi connectivity index (χ4n) is 4.19. The highest BCUT2D eigenvalue weighted by Gasteiger charge is 2.49. The molecule has 5 rings (SSSR count). The third kappa shape index (κ3) is 3.83. The second kappa shape index (κ2) is 8.55. The zero-order valence-electron chi connectivity index (χ0n) is 18.5. The Balaban J connectivity index is 1.34. The first-order valence-electron chi connectivity index (χ1n) is 10.9. The molecule has 2 heterocycles. The van der Waals surface area contributed by atoms with Gasteiger partial charge in [0.2, 0.25) is 5.91 Å². The van der Waals surface area contributed by atoms with E-state index in [-0.39, 0.29) is 0 Å². The van der Waals surface area contributed by atoms with E-state index in [0.29, 0.717) is 36.0 Å². The zero-order valence-corrected chi connectivity index (χ0v) is 18.5. The summed E-state index contributed by atoms with van der Waals surface area (Å²) in [6, 6.07) is 21.5. The maximum Gasteiger partial charge on any atom is 0.325 e. The van der Waals surface area contributed by atoms with Crippen LogP contribution in [-0.2, 0) is 15.1 Å². The minimum absolute atomic E-state index is 0.407. The fraction of sp³-hybridized carbons (Fsp3) is 0.192. The number of para-hydroxylation sites is 1. The van der Waals surface area contributed by atoms with Crippen LogP contribution >= 0.6 is 0 Å². The molecule has 3 aromatic rings. The molecular formula is C26H23N3O5. The molecule has 2 N–H and O–H groups in total. The summed E-state index contributed by atoms with van der Waals surface area (Å²) in [5.41, 5.74) is 1.61. The molecule has 0 aliphatic carbocycles. The van der Waals surface area contributed by atoms with Crippen LogP contribution in [0.5, 0.6) is 11.5 Å². The highest BCUT2D eigenvalue weighted by molar-refractivity contribution is 6.10. The Morgan fingerprint density at radius 2 is 1.68 bits per heavy atom. The van der Waals surface area contributed by atoms with Gasteiger partial charge in [0.25, 0.3) is 5.91 Å². The number of fused-ring (bicyclic) bond motifs is 1. The highest BCUT2D eigenvalue weighted by atomic mass is 16.6. The van der Waals surface area contributed by atoms with Crippen molar-refractivity contribution < 1.29 is 23.9 Å². The predicted molar refractivity (Wildman–Crippen MR) is 126 cm³/mol. The maximum atomic E-state index is 13.3. The van der Waals surface area contributed by atoms with Crippen LogP contribution < -0.4 is 20.1 Å². The third-order valence-electron chi connectivity index (χ3n) is 5.98. The van der Waals surface area contributed by atoms with Gasteiger partial charge in [0.05, 0.1) is 0 Å². The first kappa shape index (κ1) is 21.5. The second-order valence-corrected chi connectivity index (χ2v) is 8.26. The number of carbonyl (C=O) groups excluding carboxylic acids is 3. The number of anilines is 1. The molecule has 4 amide bonds. The molecule has 0 radical (unpaired) electrons. The number of nitrogens with zero attached hydrogens (tertiary/aromatic N) is 1. The summed E-state index contributed by atoms with van der Waals surface area (Å²) in [7, 11) is 0. The average molecular weight is 457 g/mol. The average Bonchev–Trinajstić information content (AvgIpc) is 3.08. The van der Waals surface area contributed by atoms with Crippen LogP contribution in [0.15, 0.2) is 72.8 Å². The molecular weight excluding hydrogens is 434 g/mol. The van der Waals surface area contributed by atoms with E-state index in [1.807, 2.05) is 48.5 Å². The monoisotopic (exact) mass is 457 g/mol. The number of carbonyl (C=O) groups is 3.